The van der Waals surface area contributed by atoms with Crippen LogP contribution >= 0.6 is 0 Å². The number of hydrogen-bond acceptors (Lipinski definition) is 0. The lowest BCUT2D eigenvalue weighted by Crippen LogP contribution is -1.67. The second-order valence-electron chi connectivity index (χ2n) is 2.56. The molecule has 0 rings (SSSR count). The fourth-order valence-electron chi connectivity index (χ4n) is 0.848. The summed E-state index contributed by atoms with van der Waals surface area (Å²) in [6.07, 6.45) is 13.0. The summed E-state index contributed by atoms with van der Waals surface area (Å²) in [7, 11) is 0. The third kappa shape index (κ3) is 7.11. The van der Waals surface area contributed by atoms with Gasteiger partial charge in [0.2, 0.25) is 0 Å². The zero-order chi connectivity index (χ0) is 8.53. The van der Waals surface area contributed by atoms with Gasteiger partial charge in [0.05, 0.1) is 0 Å². The van der Waals surface area contributed by atoms with Crippen molar-refractivity contribution in [3.8, 4) is 0 Å². The van der Waals surface area contributed by atoms with Crippen LogP contribution in [0.4, 0.5) is 0 Å². The van der Waals surface area contributed by atoms with E-state index in [1.807, 2.05) is 6.92 Å². The molecule has 0 spiro atoms. The van der Waals surface area contributed by atoms with Crippen molar-refractivity contribution in [3.63, 3.8) is 0 Å². The molecule has 0 heterocycles. The summed E-state index contributed by atoms with van der Waals surface area (Å²) in [6, 6.07) is 0. The lowest BCUT2D eigenvalue weighted by atomic mass is 10.2. The van der Waals surface area contributed by atoms with E-state index >= 15 is 0 Å². The molecule has 0 atom stereocenters. The third-order valence-corrected chi connectivity index (χ3v) is 1.41. The van der Waals surface area contributed by atoms with E-state index < -0.39 is 0 Å². The van der Waals surface area contributed by atoms with Crippen LogP contribution in [-0.4, -0.2) is 0 Å². The van der Waals surface area contributed by atoms with Crippen LogP contribution in [0.15, 0.2) is 36.0 Å². The Bertz CT molecular complexity index is 159. The molecule has 0 aliphatic carbocycles. The number of hydrogen-bond donors (Lipinski definition) is 0. The normalized spacial score (nSPS) is 13.5. The third-order valence-electron chi connectivity index (χ3n) is 1.41. The van der Waals surface area contributed by atoms with E-state index in [0.29, 0.717) is 0 Å². The Hall–Kier alpha value is -0.780. The molecule has 0 nitrogen and oxygen atoms in total. The maximum absolute atomic E-state index is 2.23. The van der Waals surface area contributed by atoms with Crippen LogP contribution in [0, 0.1) is 0 Å². The van der Waals surface area contributed by atoms with Crippen LogP contribution in [0.3, 0.4) is 0 Å². The quantitative estimate of drug-likeness (QED) is 0.421. The van der Waals surface area contributed by atoms with E-state index in [1.165, 1.54) is 5.57 Å². The molecule has 0 bridgehead atoms. The molecule has 0 N–H and O–H groups in total. The fourth-order valence-corrected chi connectivity index (χ4v) is 0.848. The smallest absolute Gasteiger partial charge is 0.0163 e. The maximum Gasteiger partial charge on any atom is -0.0163 e. The van der Waals surface area contributed by atoms with Gasteiger partial charge < -0.3 is 0 Å². The Morgan fingerprint density at radius 1 is 1.27 bits per heavy atom. The minimum Gasteiger partial charge on any atom is -0.0885 e. The fraction of sp³-hybridized carbons (Fsp3) is 0.455. The highest BCUT2D eigenvalue weighted by Crippen LogP contribution is 1.98. The monoisotopic (exact) mass is 150 g/mol. The van der Waals surface area contributed by atoms with Crippen LogP contribution in [0.1, 0.15) is 33.6 Å². The van der Waals surface area contributed by atoms with Crippen LogP contribution < -0.4 is 0 Å². The molecule has 0 aromatic rings. The van der Waals surface area contributed by atoms with Gasteiger partial charge in [-0.3, -0.25) is 0 Å². The molecule has 0 aliphatic rings. The molecule has 0 saturated carbocycles. The van der Waals surface area contributed by atoms with Crippen molar-refractivity contribution in [2.24, 2.45) is 0 Å². The summed E-state index contributed by atoms with van der Waals surface area (Å²) in [5, 5.41) is 0. The molecule has 0 unspecified atom stereocenters. The Labute approximate surface area is 70.3 Å². The van der Waals surface area contributed by atoms with Crippen LogP contribution in [-0.2, 0) is 0 Å². The Kier molecular flexibility index (Phi) is 6.81. The summed E-state index contributed by atoms with van der Waals surface area (Å²) in [4.78, 5) is 0. The minimum absolute atomic E-state index is 1.06. The average Bonchev–Trinajstić information content (AvgIpc) is 1.99. The van der Waals surface area contributed by atoms with Crippen molar-refractivity contribution in [3.05, 3.63) is 36.0 Å². The van der Waals surface area contributed by atoms with Crippen molar-refractivity contribution >= 4 is 0 Å². The highest BCUT2D eigenvalue weighted by molar-refractivity contribution is 5.16. The van der Waals surface area contributed by atoms with E-state index in [-0.39, 0.29) is 0 Å². The van der Waals surface area contributed by atoms with Gasteiger partial charge in [-0.25, -0.2) is 0 Å². The highest BCUT2D eigenvalue weighted by Gasteiger charge is 1.77. The maximum atomic E-state index is 2.23. The Morgan fingerprint density at radius 3 is 2.55 bits per heavy atom. The molecule has 0 heteroatoms. The van der Waals surface area contributed by atoms with E-state index in [4.69, 9.17) is 0 Å². The van der Waals surface area contributed by atoms with Gasteiger partial charge in [0.15, 0.2) is 0 Å². The average molecular weight is 150 g/mol. The number of rotatable bonds is 4. The van der Waals surface area contributed by atoms with Gasteiger partial charge in [0.1, 0.15) is 0 Å². The van der Waals surface area contributed by atoms with Gasteiger partial charge in [-0.1, -0.05) is 42.9 Å². The minimum atomic E-state index is 1.06. The molecular weight excluding hydrogens is 132 g/mol. The topological polar surface area (TPSA) is 0 Å². The van der Waals surface area contributed by atoms with Gasteiger partial charge in [-0.05, 0) is 26.7 Å². The molecule has 0 fully saturated rings. The van der Waals surface area contributed by atoms with E-state index in [9.17, 15) is 0 Å². The van der Waals surface area contributed by atoms with Crippen molar-refractivity contribution in [2.75, 3.05) is 0 Å². The first kappa shape index (κ1) is 10.2. The van der Waals surface area contributed by atoms with E-state index in [2.05, 4.69) is 44.2 Å². The van der Waals surface area contributed by atoms with Crippen LogP contribution in [0.5, 0.6) is 0 Å². The van der Waals surface area contributed by atoms with Gasteiger partial charge in [0, 0.05) is 0 Å². The molecule has 0 saturated heterocycles. The van der Waals surface area contributed by atoms with Crippen LogP contribution in [0.25, 0.3) is 0 Å². The molecule has 0 amide bonds. The standard InChI is InChI=1S/C11H18/c1-4-6-7-8-10-11(3)9-5-2/h5-7,9-10H,4,8H2,1-3H3. The first-order chi connectivity index (χ1) is 5.31. The van der Waals surface area contributed by atoms with Crippen LogP contribution in [0.2, 0.25) is 0 Å². The van der Waals surface area contributed by atoms with Gasteiger partial charge in [-0.2, -0.15) is 0 Å². The summed E-state index contributed by atoms with van der Waals surface area (Å²) < 4.78 is 0. The lowest BCUT2D eigenvalue weighted by molar-refractivity contribution is 1.19. The predicted octanol–water partition coefficient (Wildman–Crippen LogP) is 3.87. The van der Waals surface area contributed by atoms with E-state index in [1.54, 1.807) is 0 Å². The molecule has 0 aliphatic heterocycles. The van der Waals surface area contributed by atoms with Gasteiger partial charge in [-0.15, -0.1) is 0 Å². The largest absolute Gasteiger partial charge is 0.0885 e. The molecule has 0 aromatic heterocycles. The van der Waals surface area contributed by atoms with Crippen molar-refractivity contribution in [1.29, 1.82) is 0 Å². The summed E-state index contributed by atoms with van der Waals surface area (Å²) in [5.74, 6) is 0. The van der Waals surface area contributed by atoms with Crippen molar-refractivity contribution in [2.45, 2.75) is 33.6 Å². The predicted molar refractivity (Wildman–Crippen MR) is 52.6 cm³/mol. The molecular formula is C11H18. The molecule has 0 aromatic carbocycles. The second-order valence-corrected chi connectivity index (χ2v) is 2.56. The molecule has 11 heavy (non-hydrogen) atoms. The Morgan fingerprint density at radius 2 is 2.00 bits per heavy atom. The second kappa shape index (κ2) is 7.33. The summed E-state index contributed by atoms with van der Waals surface area (Å²) >= 11 is 0. The van der Waals surface area contributed by atoms with E-state index in [0.717, 1.165) is 12.8 Å². The molecule has 62 valence electrons. The zero-order valence-corrected chi connectivity index (χ0v) is 7.80. The first-order valence-corrected chi connectivity index (χ1v) is 4.25. The first-order valence-electron chi connectivity index (χ1n) is 4.25. The lowest BCUT2D eigenvalue weighted by Gasteiger charge is -1.88. The highest BCUT2D eigenvalue weighted by atomic mass is 13.8. The zero-order valence-electron chi connectivity index (χ0n) is 7.80. The SMILES string of the molecule is CC=CC(C)=CCC=CCC. The number of allylic oxidation sites excluding steroid dienone is 6. The summed E-state index contributed by atoms with van der Waals surface area (Å²) in [6.45, 7) is 6.32. The molecule has 0 radical (unpaired) electrons. The summed E-state index contributed by atoms with van der Waals surface area (Å²) in [5.41, 5.74) is 1.34. The van der Waals surface area contributed by atoms with Crippen molar-refractivity contribution < 1.29 is 0 Å². The van der Waals surface area contributed by atoms with Gasteiger partial charge in [0.25, 0.3) is 0 Å². The van der Waals surface area contributed by atoms with Crippen molar-refractivity contribution in [1.82, 2.24) is 0 Å². The Balaban J connectivity index is 3.64. The van der Waals surface area contributed by atoms with Gasteiger partial charge >= 0.3 is 0 Å².